The van der Waals surface area contributed by atoms with Crippen molar-refractivity contribution < 1.29 is 19.1 Å². The van der Waals surface area contributed by atoms with Crippen LogP contribution in [0.25, 0.3) is 0 Å². The molecule has 180 valence electrons. The molecule has 2 fully saturated rings. The van der Waals surface area contributed by atoms with E-state index in [1.54, 1.807) is 25.2 Å². The number of likely N-dealkylation sites (N-methyl/N-ethyl adjacent to an activating group) is 1. The van der Waals surface area contributed by atoms with Gasteiger partial charge in [-0.05, 0) is 43.3 Å². The van der Waals surface area contributed by atoms with Gasteiger partial charge in [0.25, 0.3) is 11.8 Å². The first-order valence-electron chi connectivity index (χ1n) is 11.8. The third-order valence-electron chi connectivity index (χ3n) is 6.60. The van der Waals surface area contributed by atoms with Crippen molar-refractivity contribution in [2.24, 2.45) is 0 Å². The van der Waals surface area contributed by atoms with Gasteiger partial charge < -0.3 is 19.9 Å². The molecule has 0 unspecified atom stereocenters. The van der Waals surface area contributed by atoms with E-state index in [1.165, 1.54) is 0 Å². The number of nitrogens with zero attached hydrogens (tertiary/aromatic N) is 3. The predicted molar refractivity (Wildman–Crippen MR) is 129 cm³/mol. The molecule has 0 aromatic heterocycles. The number of rotatable bonds is 7. The first-order valence-corrected chi connectivity index (χ1v) is 11.8. The van der Waals surface area contributed by atoms with Crippen molar-refractivity contribution in [3.8, 4) is 5.75 Å². The molecule has 2 aromatic rings. The highest BCUT2D eigenvalue weighted by Crippen LogP contribution is 2.28. The van der Waals surface area contributed by atoms with Crippen LogP contribution in [-0.4, -0.2) is 85.8 Å². The second kappa shape index (κ2) is 10.7. The molecule has 3 amide bonds. The number of carbonyl (C=O) groups excluding carboxylic acids is 3. The van der Waals surface area contributed by atoms with E-state index in [9.17, 15) is 14.4 Å². The lowest BCUT2D eigenvalue weighted by molar-refractivity contribution is -0.128. The zero-order chi connectivity index (χ0) is 24.1. The Labute approximate surface area is 200 Å². The summed E-state index contributed by atoms with van der Waals surface area (Å²) in [5.41, 5.74) is 2.13. The van der Waals surface area contributed by atoms with Crippen molar-refractivity contribution in [3.63, 3.8) is 0 Å². The van der Waals surface area contributed by atoms with E-state index in [1.807, 2.05) is 47.2 Å². The Morgan fingerprint density at radius 2 is 1.91 bits per heavy atom. The highest BCUT2D eigenvalue weighted by molar-refractivity contribution is 5.97. The predicted octanol–water partition coefficient (Wildman–Crippen LogP) is 2.18. The lowest BCUT2D eigenvalue weighted by atomic mass is 9.99. The summed E-state index contributed by atoms with van der Waals surface area (Å²) in [6.07, 6.45) is 1.50. The summed E-state index contributed by atoms with van der Waals surface area (Å²) in [5.74, 6) is 0.497. The van der Waals surface area contributed by atoms with Gasteiger partial charge in [0.15, 0.2) is 0 Å². The van der Waals surface area contributed by atoms with Crippen LogP contribution in [0.15, 0.2) is 48.5 Å². The van der Waals surface area contributed by atoms with E-state index in [4.69, 9.17) is 4.74 Å². The fourth-order valence-corrected chi connectivity index (χ4v) is 4.60. The molecule has 0 aliphatic carbocycles. The molecule has 4 rings (SSSR count). The van der Waals surface area contributed by atoms with Gasteiger partial charge in [-0.1, -0.05) is 24.3 Å². The van der Waals surface area contributed by atoms with E-state index in [-0.39, 0.29) is 23.8 Å². The lowest BCUT2D eigenvalue weighted by Gasteiger charge is -2.40. The average molecular weight is 465 g/mol. The van der Waals surface area contributed by atoms with Crippen molar-refractivity contribution in [2.75, 3.05) is 53.4 Å². The van der Waals surface area contributed by atoms with Crippen LogP contribution >= 0.6 is 0 Å². The van der Waals surface area contributed by atoms with E-state index < -0.39 is 0 Å². The highest BCUT2D eigenvalue weighted by atomic mass is 16.5. The first-order chi connectivity index (χ1) is 16.5. The highest BCUT2D eigenvalue weighted by Gasteiger charge is 2.30. The molecule has 0 spiro atoms. The number of hydrogen-bond acceptors (Lipinski definition) is 5. The molecule has 8 heteroatoms. The van der Waals surface area contributed by atoms with Crippen molar-refractivity contribution in [1.29, 1.82) is 0 Å². The van der Waals surface area contributed by atoms with Gasteiger partial charge in [-0.25, -0.2) is 0 Å². The van der Waals surface area contributed by atoms with Gasteiger partial charge in [0, 0.05) is 45.2 Å². The number of benzene rings is 2. The van der Waals surface area contributed by atoms with Gasteiger partial charge in [-0.3, -0.25) is 19.3 Å². The SMILES string of the molecule is CNC(=O)c1cccc([C@@H]2CN(C(=O)c3ccccc3OCCN3CCCC3=O)CCN2C)c1. The first kappa shape index (κ1) is 23.8. The number of carbonyl (C=O) groups is 3. The normalized spacial score (nSPS) is 18.8. The fraction of sp³-hybridized carbons (Fsp3) is 0.423. The molecule has 0 bridgehead atoms. The summed E-state index contributed by atoms with van der Waals surface area (Å²) in [4.78, 5) is 43.3. The molecular formula is C26H32N4O4. The number of para-hydroxylation sites is 1. The monoisotopic (exact) mass is 464 g/mol. The molecule has 2 heterocycles. The Balaban J connectivity index is 1.46. The minimum atomic E-state index is -0.130. The maximum atomic E-state index is 13.5. The maximum Gasteiger partial charge on any atom is 0.257 e. The zero-order valence-electron chi connectivity index (χ0n) is 19.8. The maximum absolute atomic E-state index is 13.5. The zero-order valence-corrected chi connectivity index (χ0v) is 19.8. The Morgan fingerprint density at radius 3 is 2.68 bits per heavy atom. The summed E-state index contributed by atoms with van der Waals surface area (Å²) in [6, 6.07) is 14.8. The van der Waals surface area contributed by atoms with Gasteiger partial charge in [0.05, 0.1) is 18.2 Å². The van der Waals surface area contributed by atoms with Gasteiger partial charge in [0.2, 0.25) is 5.91 Å². The second-order valence-corrected chi connectivity index (χ2v) is 8.78. The second-order valence-electron chi connectivity index (χ2n) is 8.78. The van der Waals surface area contributed by atoms with Crippen LogP contribution in [0.5, 0.6) is 5.75 Å². The molecule has 2 saturated heterocycles. The topological polar surface area (TPSA) is 82.2 Å². The number of nitrogens with one attached hydrogen (secondary N) is 1. The van der Waals surface area contributed by atoms with Crippen molar-refractivity contribution in [2.45, 2.75) is 18.9 Å². The quantitative estimate of drug-likeness (QED) is 0.679. The molecule has 1 atom stereocenters. The van der Waals surface area contributed by atoms with Gasteiger partial charge in [-0.15, -0.1) is 0 Å². The fourth-order valence-electron chi connectivity index (χ4n) is 4.60. The number of likely N-dealkylation sites (tertiary alicyclic amines) is 1. The number of piperazine rings is 1. The van der Waals surface area contributed by atoms with Crippen LogP contribution in [-0.2, 0) is 4.79 Å². The van der Waals surface area contributed by atoms with Crippen molar-refractivity contribution >= 4 is 17.7 Å². The van der Waals surface area contributed by atoms with Gasteiger partial charge in [0.1, 0.15) is 12.4 Å². The average Bonchev–Trinajstić information content (AvgIpc) is 3.28. The Hall–Kier alpha value is -3.39. The molecule has 0 saturated carbocycles. The van der Waals surface area contributed by atoms with Crippen LogP contribution in [0, 0.1) is 0 Å². The molecule has 2 aromatic carbocycles. The summed E-state index contributed by atoms with van der Waals surface area (Å²) >= 11 is 0. The smallest absolute Gasteiger partial charge is 0.257 e. The molecule has 2 aliphatic heterocycles. The largest absolute Gasteiger partial charge is 0.491 e. The molecule has 8 nitrogen and oxygen atoms in total. The molecule has 1 N–H and O–H groups in total. The third kappa shape index (κ3) is 5.22. The van der Waals surface area contributed by atoms with Crippen molar-refractivity contribution in [3.05, 3.63) is 65.2 Å². The third-order valence-corrected chi connectivity index (χ3v) is 6.60. The summed E-state index contributed by atoms with van der Waals surface area (Å²) in [5, 5.41) is 2.66. The molecular weight excluding hydrogens is 432 g/mol. The molecule has 34 heavy (non-hydrogen) atoms. The molecule has 0 radical (unpaired) electrons. The van der Waals surface area contributed by atoms with Crippen LogP contribution in [0.2, 0.25) is 0 Å². The van der Waals surface area contributed by atoms with E-state index in [0.29, 0.717) is 49.5 Å². The van der Waals surface area contributed by atoms with E-state index >= 15 is 0 Å². The molecule has 2 aliphatic rings. The Morgan fingerprint density at radius 1 is 1.09 bits per heavy atom. The minimum absolute atomic E-state index is 0.0171. The lowest BCUT2D eigenvalue weighted by Crippen LogP contribution is -2.49. The number of hydrogen-bond donors (Lipinski definition) is 1. The van der Waals surface area contributed by atoms with Crippen LogP contribution in [0.1, 0.15) is 45.2 Å². The van der Waals surface area contributed by atoms with Crippen LogP contribution in [0.4, 0.5) is 0 Å². The standard InChI is InChI=1S/C26H32N4O4/c1-27-25(32)20-8-5-7-19(17-20)22-18-30(14-13-28(22)2)26(33)21-9-3-4-10-23(21)34-16-15-29-12-6-11-24(29)31/h3-5,7-10,17,22H,6,11-16,18H2,1-2H3,(H,27,32)/t22-/m0/s1. The summed E-state index contributed by atoms with van der Waals surface area (Å²) in [6.45, 7) is 3.50. The summed E-state index contributed by atoms with van der Waals surface area (Å²) < 4.78 is 5.95. The number of ether oxygens (including phenoxy) is 1. The van der Waals surface area contributed by atoms with Crippen LogP contribution < -0.4 is 10.1 Å². The van der Waals surface area contributed by atoms with E-state index in [2.05, 4.69) is 10.2 Å². The van der Waals surface area contributed by atoms with Gasteiger partial charge in [-0.2, -0.15) is 0 Å². The minimum Gasteiger partial charge on any atom is -0.491 e. The van der Waals surface area contributed by atoms with E-state index in [0.717, 1.165) is 25.1 Å². The van der Waals surface area contributed by atoms with Crippen LogP contribution in [0.3, 0.4) is 0 Å². The Kier molecular flexibility index (Phi) is 7.47. The summed E-state index contributed by atoms with van der Waals surface area (Å²) in [7, 11) is 3.65. The van der Waals surface area contributed by atoms with Gasteiger partial charge >= 0.3 is 0 Å². The number of amides is 3. The van der Waals surface area contributed by atoms with Crippen molar-refractivity contribution in [1.82, 2.24) is 20.0 Å². The Bertz CT molecular complexity index is 1060.